The lowest BCUT2D eigenvalue weighted by atomic mass is 10.2. The van der Waals surface area contributed by atoms with Gasteiger partial charge in [0.15, 0.2) is 5.96 Å². The first-order chi connectivity index (χ1) is 11.4. The van der Waals surface area contributed by atoms with E-state index in [-0.39, 0.29) is 30.5 Å². The van der Waals surface area contributed by atoms with Crippen molar-refractivity contribution in [2.24, 2.45) is 4.99 Å². The van der Waals surface area contributed by atoms with Crippen LogP contribution in [0.1, 0.15) is 6.42 Å². The number of nitrogens with zero attached hydrogens (tertiary/aromatic N) is 3. The van der Waals surface area contributed by atoms with Crippen molar-refractivity contribution in [1.82, 2.24) is 10.2 Å². The first-order valence-electron chi connectivity index (χ1n) is 7.85. The number of hydrogen-bond donors (Lipinski definition) is 1. The highest BCUT2D eigenvalue weighted by Crippen LogP contribution is 2.28. The third-order valence-corrected chi connectivity index (χ3v) is 3.91. The molecule has 1 saturated heterocycles. The fourth-order valence-electron chi connectivity index (χ4n) is 2.70. The van der Waals surface area contributed by atoms with Crippen molar-refractivity contribution in [2.45, 2.75) is 12.6 Å². The number of halogens is 4. The SMILES string of the molecule is CN=C(NCCC(F)(F)F)N1CCN(c2ccccc2OC)CC1.I. The maximum atomic E-state index is 12.3. The van der Waals surface area contributed by atoms with Crippen molar-refractivity contribution in [1.29, 1.82) is 0 Å². The molecular formula is C16H24F3IN4O. The summed E-state index contributed by atoms with van der Waals surface area (Å²) in [5.41, 5.74) is 1.03. The van der Waals surface area contributed by atoms with E-state index in [0.717, 1.165) is 24.5 Å². The van der Waals surface area contributed by atoms with Crippen LogP contribution < -0.4 is 15.0 Å². The highest BCUT2D eigenvalue weighted by molar-refractivity contribution is 14.0. The maximum absolute atomic E-state index is 12.3. The Labute approximate surface area is 163 Å². The number of anilines is 1. The molecule has 1 N–H and O–H groups in total. The Morgan fingerprint density at radius 3 is 2.40 bits per heavy atom. The number of nitrogens with one attached hydrogen (secondary N) is 1. The summed E-state index contributed by atoms with van der Waals surface area (Å²) >= 11 is 0. The molecule has 25 heavy (non-hydrogen) atoms. The Balaban J connectivity index is 0.00000312. The number of ether oxygens (including phenoxy) is 1. The molecule has 0 amide bonds. The Hall–Kier alpha value is -1.39. The first-order valence-corrected chi connectivity index (χ1v) is 7.85. The molecule has 0 aliphatic carbocycles. The van der Waals surface area contributed by atoms with Gasteiger partial charge in [-0.25, -0.2) is 0 Å². The summed E-state index contributed by atoms with van der Waals surface area (Å²) in [6, 6.07) is 7.80. The average Bonchev–Trinajstić information content (AvgIpc) is 2.58. The van der Waals surface area contributed by atoms with Crippen LogP contribution in [0, 0.1) is 0 Å². The van der Waals surface area contributed by atoms with E-state index >= 15 is 0 Å². The molecule has 0 atom stereocenters. The number of benzene rings is 1. The Bertz CT molecular complexity index is 561. The number of alkyl halides is 3. The second-order valence-corrected chi connectivity index (χ2v) is 5.49. The number of aliphatic imine (C=N–C) groups is 1. The van der Waals surface area contributed by atoms with E-state index in [2.05, 4.69) is 15.2 Å². The summed E-state index contributed by atoms with van der Waals surface area (Å²) < 4.78 is 42.1. The van der Waals surface area contributed by atoms with Crippen molar-refractivity contribution in [3.63, 3.8) is 0 Å². The van der Waals surface area contributed by atoms with Crippen LogP contribution in [0.3, 0.4) is 0 Å². The lowest BCUT2D eigenvalue weighted by Gasteiger charge is -2.38. The van der Waals surface area contributed by atoms with Crippen molar-refractivity contribution in [2.75, 3.05) is 51.8 Å². The molecule has 1 aliphatic rings. The molecule has 142 valence electrons. The molecule has 0 bridgehead atoms. The molecule has 5 nitrogen and oxygen atoms in total. The van der Waals surface area contributed by atoms with E-state index in [9.17, 15) is 13.2 Å². The van der Waals surface area contributed by atoms with Gasteiger partial charge >= 0.3 is 6.18 Å². The summed E-state index contributed by atoms with van der Waals surface area (Å²) in [4.78, 5) is 8.26. The number of piperazine rings is 1. The van der Waals surface area contributed by atoms with Crippen molar-refractivity contribution >= 4 is 35.6 Å². The minimum absolute atomic E-state index is 0. The zero-order valence-corrected chi connectivity index (χ0v) is 16.7. The normalized spacial score (nSPS) is 15.6. The van der Waals surface area contributed by atoms with Crippen LogP contribution in [-0.2, 0) is 0 Å². The second kappa shape index (κ2) is 9.93. The molecule has 0 spiro atoms. The van der Waals surface area contributed by atoms with Gasteiger partial charge in [-0.3, -0.25) is 4.99 Å². The third kappa shape index (κ3) is 6.44. The number of methoxy groups -OCH3 is 1. The highest BCUT2D eigenvalue weighted by atomic mass is 127. The molecule has 1 aliphatic heterocycles. The minimum Gasteiger partial charge on any atom is -0.495 e. The lowest BCUT2D eigenvalue weighted by Crippen LogP contribution is -2.53. The molecule has 0 radical (unpaired) electrons. The van der Waals surface area contributed by atoms with Crippen LogP contribution in [0.25, 0.3) is 0 Å². The Morgan fingerprint density at radius 1 is 1.20 bits per heavy atom. The van der Waals surface area contributed by atoms with E-state index in [4.69, 9.17) is 4.74 Å². The quantitative estimate of drug-likeness (QED) is 0.416. The van der Waals surface area contributed by atoms with Crippen LogP contribution in [-0.4, -0.2) is 63.9 Å². The standard InChI is InChI=1S/C16H23F3N4O.HI/c1-20-15(21-8-7-16(17,18)19)23-11-9-22(10-12-23)13-5-3-4-6-14(13)24-2;/h3-6H,7-12H2,1-2H3,(H,20,21);1H. The number of para-hydroxylation sites is 2. The molecule has 1 aromatic rings. The molecule has 1 aromatic carbocycles. The molecule has 1 fully saturated rings. The van der Waals surface area contributed by atoms with E-state index < -0.39 is 12.6 Å². The van der Waals surface area contributed by atoms with Gasteiger partial charge in [0.25, 0.3) is 0 Å². The third-order valence-electron chi connectivity index (χ3n) is 3.91. The molecule has 0 saturated carbocycles. The van der Waals surface area contributed by atoms with Gasteiger partial charge in [-0.2, -0.15) is 13.2 Å². The molecular weight excluding hydrogens is 448 g/mol. The zero-order valence-electron chi connectivity index (χ0n) is 14.3. The van der Waals surface area contributed by atoms with Crippen LogP contribution >= 0.6 is 24.0 Å². The molecule has 2 rings (SSSR count). The molecule has 0 unspecified atom stereocenters. The average molecular weight is 472 g/mol. The van der Waals surface area contributed by atoms with Crippen LogP contribution in [0.2, 0.25) is 0 Å². The van der Waals surface area contributed by atoms with Crippen LogP contribution in [0.5, 0.6) is 5.75 Å². The zero-order chi connectivity index (χ0) is 17.6. The van der Waals surface area contributed by atoms with Crippen molar-refractivity contribution in [3.05, 3.63) is 24.3 Å². The summed E-state index contributed by atoms with van der Waals surface area (Å²) in [5, 5.41) is 2.79. The first kappa shape index (κ1) is 21.7. The Kier molecular flexibility index (Phi) is 8.60. The highest BCUT2D eigenvalue weighted by Gasteiger charge is 2.27. The molecule has 1 heterocycles. The summed E-state index contributed by atoms with van der Waals surface area (Å²) in [6.07, 6.45) is -5.03. The number of hydrogen-bond acceptors (Lipinski definition) is 3. The van der Waals surface area contributed by atoms with Gasteiger partial charge < -0.3 is 19.9 Å². The molecule has 9 heteroatoms. The van der Waals surface area contributed by atoms with Gasteiger partial charge in [-0.15, -0.1) is 24.0 Å². The Morgan fingerprint density at radius 2 is 1.84 bits per heavy atom. The minimum atomic E-state index is -4.16. The number of guanidine groups is 1. The molecule has 0 aromatic heterocycles. The van der Waals surface area contributed by atoms with Gasteiger partial charge in [0.05, 0.1) is 19.2 Å². The van der Waals surface area contributed by atoms with Gasteiger partial charge in [-0.1, -0.05) is 12.1 Å². The fraction of sp³-hybridized carbons (Fsp3) is 0.562. The van der Waals surface area contributed by atoms with Gasteiger partial charge in [0, 0.05) is 39.8 Å². The largest absolute Gasteiger partial charge is 0.495 e. The summed E-state index contributed by atoms with van der Waals surface area (Å²) in [6.45, 7) is 2.71. The monoisotopic (exact) mass is 472 g/mol. The van der Waals surface area contributed by atoms with E-state index in [1.807, 2.05) is 29.2 Å². The fourth-order valence-corrected chi connectivity index (χ4v) is 2.70. The summed E-state index contributed by atoms with van der Waals surface area (Å²) in [7, 11) is 3.23. The second-order valence-electron chi connectivity index (χ2n) is 5.49. The van der Waals surface area contributed by atoms with E-state index in [0.29, 0.717) is 19.0 Å². The van der Waals surface area contributed by atoms with Crippen LogP contribution in [0.15, 0.2) is 29.3 Å². The van der Waals surface area contributed by atoms with Gasteiger partial charge in [0.2, 0.25) is 0 Å². The topological polar surface area (TPSA) is 40.1 Å². The van der Waals surface area contributed by atoms with Gasteiger partial charge in [-0.05, 0) is 12.1 Å². The lowest BCUT2D eigenvalue weighted by molar-refractivity contribution is -0.132. The van der Waals surface area contributed by atoms with E-state index in [1.165, 1.54) is 0 Å². The number of rotatable bonds is 4. The predicted octanol–water partition coefficient (Wildman–Crippen LogP) is 2.96. The smallest absolute Gasteiger partial charge is 0.390 e. The van der Waals surface area contributed by atoms with Crippen LogP contribution in [0.4, 0.5) is 18.9 Å². The summed E-state index contributed by atoms with van der Waals surface area (Å²) in [5.74, 6) is 1.33. The van der Waals surface area contributed by atoms with E-state index in [1.54, 1.807) is 14.2 Å². The van der Waals surface area contributed by atoms with Crippen molar-refractivity contribution in [3.8, 4) is 5.75 Å². The predicted molar refractivity (Wildman–Crippen MR) is 104 cm³/mol. The maximum Gasteiger partial charge on any atom is 0.390 e. The van der Waals surface area contributed by atoms with Crippen molar-refractivity contribution < 1.29 is 17.9 Å². The van der Waals surface area contributed by atoms with Gasteiger partial charge in [0.1, 0.15) is 5.75 Å².